The van der Waals surface area contributed by atoms with Crippen LogP contribution >= 0.6 is 12.4 Å². The minimum atomic E-state index is -0.417. The number of hydrogen-bond donors (Lipinski definition) is 1. The maximum Gasteiger partial charge on any atom is 0.229 e. The van der Waals surface area contributed by atoms with Crippen molar-refractivity contribution in [2.45, 2.75) is 44.1 Å². The average molecular weight is 312 g/mol. The molecule has 2 N–H and O–H groups in total. The van der Waals surface area contributed by atoms with E-state index < -0.39 is 5.54 Å². The Bertz CT molecular complexity index is 612. The van der Waals surface area contributed by atoms with Crippen LogP contribution in [0.3, 0.4) is 0 Å². The van der Waals surface area contributed by atoms with Crippen LogP contribution in [-0.2, 0) is 12.0 Å². The van der Waals surface area contributed by atoms with Crippen LogP contribution in [0.1, 0.15) is 49.4 Å². The Morgan fingerprint density at radius 3 is 2.71 bits per heavy atom. The predicted molar refractivity (Wildman–Crippen MR) is 79.8 cm³/mol. The minimum absolute atomic E-state index is 0. The lowest BCUT2D eigenvalue weighted by atomic mass is 9.77. The largest absolute Gasteiger partial charge is 0.339 e. The van der Waals surface area contributed by atoms with Crippen LogP contribution < -0.4 is 5.73 Å². The molecular formula is C15H19ClFN3O. The van der Waals surface area contributed by atoms with Crippen LogP contribution in [0.15, 0.2) is 28.8 Å². The molecule has 1 fully saturated rings. The van der Waals surface area contributed by atoms with Crippen molar-refractivity contribution in [1.82, 2.24) is 10.1 Å². The number of halogens is 2. The summed E-state index contributed by atoms with van der Waals surface area (Å²) in [4.78, 5) is 4.40. The van der Waals surface area contributed by atoms with Gasteiger partial charge in [-0.2, -0.15) is 4.98 Å². The molecule has 0 bridgehead atoms. The van der Waals surface area contributed by atoms with Gasteiger partial charge in [-0.1, -0.05) is 30.3 Å². The monoisotopic (exact) mass is 311 g/mol. The second-order valence-corrected chi connectivity index (χ2v) is 5.66. The zero-order chi connectivity index (χ0) is 14.2. The van der Waals surface area contributed by atoms with E-state index in [1.807, 2.05) is 13.0 Å². The van der Waals surface area contributed by atoms with Crippen molar-refractivity contribution in [3.8, 4) is 0 Å². The molecule has 1 aromatic carbocycles. The first-order chi connectivity index (χ1) is 9.58. The third kappa shape index (κ3) is 3.09. The molecule has 114 valence electrons. The molecule has 1 unspecified atom stereocenters. The summed E-state index contributed by atoms with van der Waals surface area (Å²) in [6.45, 7) is 1.95. The van der Waals surface area contributed by atoms with Crippen LogP contribution in [0.5, 0.6) is 0 Å². The third-order valence-corrected chi connectivity index (χ3v) is 4.04. The number of nitrogens with zero attached hydrogens (tertiary/aromatic N) is 2. The lowest BCUT2D eigenvalue weighted by Gasteiger charge is -2.34. The first-order valence-electron chi connectivity index (χ1n) is 6.95. The van der Waals surface area contributed by atoms with Crippen molar-refractivity contribution < 1.29 is 8.91 Å². The first kappa shape index (κ1) is 15.9. The lowest BCUT2D eigenvalue weighted by Crippen LogP contribution is -2.44. The highest BCUT2D eigenvalue weighted by molar-refractivity contribution is 5.85. The van der Waals surface area contributed by atoms with Gasteiger partial charge in [0.05, 0.1) is 5.54 Å². The standard InChI is InChI=1S/C15H18FN3O.ClH/c1-10(9-11-5-2-3-6-12(11)16)13-18-14(19-20-13)15(17)7-4-8-15;/h2-3,5-6,10H,4,7-9,17H2,1H3;1H. The Morgan fingerprint density at radius 2 is 2.10 bits per heavy atom. The Balaban J connectivity index is 0.00000161. The molecule has 0 amide bonds. The van der Waals surface area contributed by atoms with Gasteiger partial charge in [0.15, 0.2) is 5.82 Å². The van der Waals surface area contributed by atoms with Crippen molar-refractivity contribution in [1.29, 1.82) is 0 Å². The molecule has 1 aliphatic carbocycles. The van der Waals surface area contributed by atoms with Crippen LogP contribution in [0.4, 0.5) is 4.39 Å². The van der Waals surface area contributed by atoms with E-state index >= 15 is 0 Å². The molecule has 21 heavy (non-hydrogen) atoms. The van der Waals surface area contributed by atoms with E-state index in [0.717, 1.165) is 19.3 Å². The molecule has 0 saturated heterocycles. The van der Waals surface area contributed by atoms with E-state index in [0.29, 0.717) is 23.7 Å². The zero-order valence-electron chi connectivity index (χ0n) is 11.9. The third-order valence-electron chi connectivity index (χ3n) is 4.04. The van der Waals surface area contributed by atoms with E-state index in [1.54, 1.807) is 12.1 Å². The maximum absolute atomic E-state index is 13.6. The van der Waals surface area contributed by atoms with E-state index in [-0.39, 0.29) is 24.1 Å². The van der Waals surface area contributed by atoms with Gasteiger partial charge < -0.3 is 10.3 Å². The highest BCUT2D eigenvalue weighted by Crippen LogP contribution is 2.37. The van der Waals surface area contributed by atoms with Gasteiger partial charge in [-0.3, -0.25) is 0 Å². The fraction of sp³-hybridized carbons (Fsp3) is 0.467. The van der Waals surface area contributed by atoms with Gasteiger partial charge in [0.1, 0.15) is 5.82 Å². The Morgan fingerprint density at radius 1 is 1.38 bits per heavy atom. The summed E-state index contributed by atoms with van der Waals surface area (Å²) in [6, 6.07) is 6.75. The maximum atomic E-state index is 13.6. The number of rotatable bonds is 4. The summed E-state index contributed by atoms with van der Waals surface area (Å²) < 4.78 is 18.9. The van der Waals surface area contributed by atoms with Crippen LogP contribution in [-0.4, -0.2) is 10.1 Å². The number of nitrogens with two attached hydrogens (primary N) is 1. The van der Waals surface area contributed by atoms with E-state index in [9.17, 15) is 4.39 Å². The van der Waals surface area contributed by atoms with Crippen molar-refractivity contribution in [3.63, 3.8) is 0 Å². The number of aromatic nitrogens is 2. The molecule has 0 spiro atoms. The molecule has 2 aromatic rings. The van der Waals surface area contributed by atoms with Crippen LogP contribution in [0, 0.1) is 5.82 Å². The first-order valence-corrected chi connectivity index (χ1v) is 6.95. The molecule has 0 aliphatic heterocycles. The SMILES string of the molecule is CC(Cc1ccccc1F)c1nc(C2(N)CCC2)no1.Cl. The van der Waals surface area contributed by atoms with E-state index in [4.69, 9.17) is 10.3 Å². The summed E-state index contributed by atoms with van der Waals surface area (Å²) >= 11 is 0. The molecule has 1 aliphatic rings. The summed E-state index contributed by atoms with van der Waals surface area (Å²) in [5, 5.41) is 3.99. The van der Waals surface area contributed by atoms with Crippen molar-refractivity contribution in [3.05, 3.63) is 47.4 Å². The van der Waals surface area contributed by atoms with Gasteiger partial charge >= 0.3 is 0 Å². The van der Waals surface area contributed by atoms with Crippen molar-refractivity contribution in [2.24, 2.45) is 5.73 Å². The van der Waals surface area contributed by atoms with Gasteiger partial charge in [-0.05, 0) is 37.3 Å². The Labute approximate surface area is 129 Å². The fourth-order valence-electron chi connectivity index (χ4n) is 2.50. The van der Waals surface area contributed by atoms with Gasteiger partial charge in [-0.25, -0.2) is 4.39 Å². The molecule has 1 saturated carbocycles. The molecule has 3 rings (SSSR count). The second kappa shape index (κ2) is 6.12. The second-order valence-electron chi connectivity index (χ2n) is 5.66. The average Bonchev–Trinajstić information content (AvgIpc) is 2.88. The van der Waals surface area contributed by atoms with Crippen molar-refractivity contribution >= 4 is 12.4 Å². The highest BCUT2D eigenvalue weighted by atomic mass is 35.5. The topological polar surface area (TPSA) is 64.9 Å². The fourth-order valence-corrected chi connectivity index (χ4v) is 2.50. The van der Waals surface area contributed by atoms with Gasteiger partial charge in [-0.15, -0.1) is 12.4 Å². The Kier molecular flexibility index (Phi) is 4.64. The van der Waals surface area contributed by atoms with Gasteiger partial charge in [0.25, 0.3) is 0 Å². The summed E-state index contributed by atoms with van der Waals surface area (Å²) in [7, 11) is 0. The number of hydrogen-bond acceptors (Lipinski definition) is 4. The van der Waals surface area contributed by atoms with E-state index in [2.05, 4.69) is 10.1 Å². The summed E-state index contributed by atoms with van der Waals surface area (Å²) in [5.74, 6) is 0.879. The zero-order valence-corrected chi connectivity index (χ0v) is 12.7. The normalized spacial score (nSPS) is 17.7. The van der Waals surface area contributed by atoms with E-state index in [1.165, 1.54) is 6.07 Å². The molecule has 1 aromatic heterocycles. The van der Waals surface area contributed by atoms with Gasteiger partial charge in [0, 0.05) is 5.92 Å². The summed E-state index contributed by atoms with van der Waals surface area (Å²) in [5.41, 5.74) is 6.41. The predicted octanol–water partition coefficient (Wildman–Crippen LogP) is 3.31. The molecule has 1 atom stereocenters. The van der Waals surface area contributed by atoms with Crippen LogP contribution in [0.2, 0.25) is 0 Å². The molecule has 6 heteroatoms. The number of benzene rings is 1. The molecule has 4 nitrogen and oxygen atoms in total. The molecule has 1 heterocycles. The lowest BCUT2D eigenvalue weighted by molar-refractivity contribution is 0.228. The smallest absolute Gasteiger partial charge is 0.229 e. The van der Waals surface area contributed by atoms with Gasteiger partial charge in [0.2, 0.25) is 5.89 Å². The van der Waals surface area contributed by atoms with Crippen LogP contribution in [0.25, 0.3) is 0 Å². The molecule has 0 radical (unpaired) electrons. The molecular weight excluding hydrogens is 293 g/mol. The highest BCUT2D eigenvalue weighted by Gasteiger charge is 2.39. The summed E-state index contributed by atoms with van der Waals surface area (Å²) in [6.07, 6.45) is 3.43. The quantitative estimate of drug-likeness (QED) is 0.940. The van der Waals surface area contributed by atoms with Crippen molar-refractivity contribution in [2.75, 3.05) is 0 Å². The minimum Gasteiger partial charge on any atom is -0.339 e. The Hall–Kier alpha value is -1.46.